The summed E-state index contributed by atoms with van der Waals surface area (Å²) in [5.74, 6) is 0.384. The maximum absolute atomic E-state index is 12.2. The lowest BCUT2D eigenvalue weighted by molar-refractivity contribution is 0.232. The van der Waals surface area contributed by atoms with E-state index in [1.165, 1.54) is 6.42 Å². The van der Waals surface area contributed by atoms with E-state index in [9.17, 15) is 4.79 Å². The minimum Gasteiger partial charge on any atom is -0.368 e. The maximum atomic E-state index is 12.2. The summed E-state index contributed by atoms with van der Waals surface area (Å²) < 4.78 is 1.11. The number of nitrogens with one attached hydrogen (secondary N) is 2. The van der Waals surface area contributed by atoms with Crippen molar-refractivity contribution < 1.29 is 4.79 Å². The molecule has 1 heterocycles. The van der Waals surface area contributed by atoms with Crippen LogP contribution < -0.4 is 16.4 Å². The van der Waals surface area contributed by atoms with Crippen LogP contribution in [-0.4, -0.2) is 26.8 Å². The SMILES string of the molecule is Nc1nc(Nc2ccccc2)nn1C(=O)NC1CCCCC1. The molecule has 116 valence electrons. The maximum Gasteiger partial charge on any atom is 0.345 e. The van der Waals surface area contributed by atoms with Crippen molar-refractivity contribution in [2.24, 2.45) is 0 Å². The molecule has 0 atom stereocenters. The van der Waals surface area contributed by atoms with Gasteiger partial charge in [-0.3, -0.25) is 0 Å². The van der Waals surface area contributed by atoms with Crippen molar-refractivity contribution in [3.8, 4) is 0 Å². The van der Waals surface area contributed by atoms with E-state index in [4.69, 9.17) is 5.73 Å². The average molecular weight is 300 g/mol. The third-order valence-corrected chi connectivity index (χ3v) is 3.79. The molecule has 0 saturated heterocycles. The summed E-state index contributed by atoms with van der Waals surface area (Å²) in [6.07, 6.45) is 5.56. The number of hydrogen-bond donors (Lipinski definition) is 3. The molecule has 7 heteroatoms. The van der Waals surface area contributed by atoms with E-state index in [1.807, 2.05) is 30.3 Å². The van der Waals surface area contributed by atoms with Crippen LogP contribution in [0.25, 0.3) is 0 Å². The summed E-state index contributed by atoms with van der Waals surface area (Å²) in [5.41, 5.74) is 6.63. The van der Waals surface area contributed by atoms with Crippen molar-refractivity contribution in [3.63, 3.8) is 0 Å². The lowest BCUT2D eigenvalue weighted by atomic mass is 9.96. The zero-order chi connectivity index (χ0) is 15.4. The molecule has 0 bridgehead atoms. The van der Waals surface area contributed by atoms with Gasteiger partial charge in [-0.05, 0) is 25.0 Å². The molecule has 2 aromatic rings. The van der Waals surface area contributed by atoms with E-state index in [0.29, 0.717) is 5.95 Å². The molecule has 3 rings (SSSR count). The highest BCUT2D eigenvalue weighted by Gasteiger charge is 2.19. The Balaban J connectivity index is 1.67. The van der Waals surface area contributed by atoms with Crippen LogP contribution in [0.2, 0.25) is 0 Å². The fraction of sp³-hybridized carbons (Fsp3) is 0.400. The lowest BCUT2D eigenvalue weighted by Gasteiger charge is -2.22. The largest absolute Gasteiger partial charge is 0.368 e. The Labute approximate surface area is 128 Å². The Hall–Kier alpha value is -2.57. The first-order chi connectivity index (χ1) is 10.7. The van der Waals surface area contributed by atoms with Crippen molar-refractivity contribution in [2.75, 3.05) is 11.1 Å². The summed E-state index contributed by atoms with van der Waals surface area (Å²) in [6, 6.07) is 9.38. The summed E-state index contributed by atoms with van der Waals surface area (Å²) in [7, 11) is 0. The zero-order valence-electron chi connectivity index (χ0n) is 12.3. The lowest BCUT2D eigenvalue weighted by Crippen LogP contribution is -2.39. The van der Waals surface area contributed by atoms with Gasteiger partial charge in [0.25, 0.3) is 0 Å². The first kappa shape index (κ1) is 14.4. The zero-order valence-corrected chi connectivity index (χ0v) is 12.3. The van der Waals surface area contributed by atoms with E-state index in [0.717, 1.165) is 36.1 Å². The van der Waals surface area contributed by atoms with Gasteiger partial charge >= 0.3 is 6.03 Å². The summed E-state index contributed by atoms with van der Waals surface area (Å²) in [5, 5.41) is 10.1. The summed E-state index contributed by atoms with van der Waals surface area (Å²) >= 11 is 0. The normalized spacial score (nSPS) is 15.5. The molecule has 0 unspecified atom stereocenters. The van der Waals surface area contributed by atoms with Gasteiger partial charge < -0.3 is 16.4 Å². The van der Waals surface area contributed by atoms with Gasteiger partial charge in [-0.2, -0.15) is 4.98 Å². The van der Waals surface area contributed by atoms with Gasteiger partial charge in [0, 0.05) is 11.7 Å². The molecule has 7 nitrogen and oxygen atoms in total. The number of rotatable bonds is 3. The third kappa shape index (κ3) is 3.36. The smallest absolute Gasteiger partial charge is 0.345 e. The van der Waals surface area contributed by atoms with E-state index < -0.39 is 0 Å². The molecule has 1 fully saturated rings. The van der Waals surface area contributed by atoms with Crippen LogP contribution in [0.3, 0.4) is 0 Å². The average Bonchev–Trinajstić information content (AvgIpc) is 2.90. The highest BCUT2D eigenvalue weighted by Crippen LogP contribution is 2.18. The molecule has 0 radical (unpaired) electrons. The van der Waals surface area contributed by atoms with Gasteiger partial charge in [0.15, 0.2) is 0 Å². The minimum absolute atomic E-state index is 0.0757. The van der Waals surface area contributed by atoms with E-state index in [-0.39, 0.29) is 18.0 Å². The van der Waals surface area contributed by atoms with Gasteiger partial charge in [-0.15, -0.1) is 9.78 Å². The van der Waals surface area contributed by atoms with Gasteiger partial charge in [0.05, 0.1) is 0 Å². The summed E-state index contributed by atoms with van der Waals surface area (Å²) in [4.78, 5) is 16.3. The quantitative estimate of drug-likeness (QED) is 0.809. The number of nitrogens with two attached hydrogens (primary N) is 1. The van der Waals surface area contributed by atoms with Gasteiger partial charge in [-0.25, -0.2) is 4.79 Å². The monoisotopic (exact) mass is 300 g/mol. The van der Waals surface area contributed by atoms with Crippen LogP contribution in [-0.2, 0) is 0 Å². The Morgan fingerprint density at radius 2 is 1.91 bits per heavy atom. The number of aromatic nitrogens is 3. The highest BCUT2D eigenvalue weighted by molar-refractivity contribution is 5.79. The molecule has 22 heavy (non-hydrogen) atoms. The molecule has 0 spiro atoms. The predicted octanol–water partition coefficient (Wildman–Crippen LogP) is 2.49. The van der Waals surface area contributed by atoms with Crippen molar-refractivity contribution in [2.45, 2.75) is 38.1 Å². The Kier molecular flexibility index (Phi) is 4.22. The van der Waals surface area contributed by atoms with Crippen LogP contribution >= 0.6 is 0 Å². The van der Waals surface area contributed by atoms with E-state index in [2.05, 4.69) is 20.7 Å². The molecule has 0 aliphatic heterocycles. The Morgan fingerprint density at radius 3 is 2.64 bits per heavy atom. The topological polar surface area (TPSA) is 97.9 Å². The Bertz CT molecular complexity index is 633. The van der Waals surface area contributed by atoms with Crippen molar-refractivity contribution in [1.82, 2.24) is 20.1 Å². The van der Waals surface area contributed by atoms with Crippen LogP contribution in [0.4, 0.5) is 22.4 Å². The second-order valence-electron chi connectivity index (χ2n) is 5.48. The number of carbonyl (C=O) groups excluding carboxylic acids is 1. The van der Waals surface area contributed by atoms with Crippen molar-refractivity contribution >= 4 is 23.6 Å². The fourth-order valence-electron chi connectivity index (χ4n) is 2.66. The van der Waals surface area contributed by atoms with Crippen LogP contribution in [0.1, 0.15) is 32.1 Å². The molecule has 4 N–H and O–H groups in total. The van der Waals surface area contributed by atoms with Gasteiger partial charge in [0.2, 0.25) is 11.9 Å². The highest BCUT2D eigenvalue weighted by atomic mass is 16.2. The number of para-hydroxylation sites is 1. The van der Waals surface area contributed by atoms with Crippen LogP contribution in [0.15, 0.2) is 30.3 Å². The van der Waals surface area contributed by atoms with E-state index in [1.54, 1.807) is 0 Å². The molecular weight excluding hydrogens is 280 g/mol. The molecule has 1 aliphatic carbocycles. The third-order valence-electron chi connectivity index (χ3n) is 3.79. The Morgan fingerprint density at radius 1 is 1.18 bits per heavy atom. The first-order valence-electron chi connectivity index (χ1n) is 7.58. The molecule has 1 amide bonds. The molecule has 1 saturated carbocycles. The predicted molar refractivity (Wildman–Crippen MR) is 85.0 cm³/mol. The molecule has 1 aromatic carbocycles. The number of carbonyl (C=O) groups is 1. The van der Waals surface area contributed by atoms with Gasteiger partial charge in [0.1, 0.15) is 0 Å². The number of nitrogen functional groups attached to an aromatic ring is 1. The van der Waals surface area contributed by atoms with Crippen molar-refractivity contribution in [3.05, 3.63) is 30.3 Å². The molecule has 1 aromatic heterocycles. The second kappa shape index (κ2) is 6.46. The number of amides is 1. The number of hydrogen-bond acceptors (Lipinski definition) is 5. The number of benzene rings is 1. The van der Waals surface area contributed by atoms with Crippen molar-refractivity contribution in [1.29, 1.82) is 0 Å². The van der Waals surface area contributed by atoms with E-state index >= 15 is 0 Å². The summed E-state index contributed by atoms with van der Waals surface area (Å²) in [6.45, 7) is 0. The van der Waals surface area contributed by atoms with Crippen LogP contribution in [0, 0.1) is 0 Å². The number of nitrogens with zero attached hydrogens (tertiary/aromatic N) is 3. The van der Waals surface area contributed by atoms with Gasteiger partial charge in [-0.1, -0.05) is 37.5 Å². The van der Waals surface area contributed by atoms with Crippen LogP contribution in [0.5, 0.6) is 0 Å². The standard InChI is InChI=1S/C15H20N6O/c16-13-19-14(17-11-7-3-1-4-8-11)20-21(13)15(22)18-12-9-5-2-6-10-12/h1,3-4,7-8,12H,2,5-6,9-10H2,(H,18,22)(H3,16,17,19,20). The number of anilines is 3. The second-order valence-corrected chi connectivity index (χ2v) is 5.48. The molecule has 1 aliphatic rings. The molecular formula is C15H20N6O. The minimum atomic E-state index is -0.321. The first-order valence-corrected chi connectivity index (χ1v) is 7.58. The fourth-order valence-corrected chi connectivity index (χ4v) is 2.66.